The third-order valence-electron chi connectivity index (χ3n) is 5.32. The van der Waals surface area contributed by atoms with Crippen LogP contribution in [0.15, 0.2) is 41.3 Å². The number of anilines is 1. The standard InChI is InChI=1S/C21H28N2O3S/c1-16-17(2)21(12-11-20(16)26-3)27(24,25)22-15-18-7-9-19(10-8-18)23-13-5-4-6-14-23/h7-12,22H,4-6,13-15H2,1-3H3. The van der Waals surface area contributed by atoms with Gasteiger partial charge in [-0.3, -0.25) is 0 Å². The molecule has 1 N–H and O–H groups in total. The molecule has 0 radical (unpaired) electrons. The van der Waals surface area contributed by atoms with Crippen molar-refractivity contribution in [3.63, 3.8) is 0 Å². The van der Waals surface area contributed by atoms with Crippen LogP contribution in [-0.2, 0) is 16.6 Å². The summed E-state index contributed by atoms with van der Waals surface area (Å²) in [4.78, 5) is 2.69. The molecule has 0 aromatic heterocycles. The van der Waals surface area contributed by atoms with Crippen molar-refractivity contribution < 1.29 is 13.2 Å². The lowest BCUT2D eigenvalue weighted by molar-refractivity contribution is 0.410. The van der Waals surface area contributed by atoms with E-state index >= 15 is 0 Å². The van der Waals surface area contributed by atoms with E-state index in [4.69, 9.17) is 4.74 Å². The van der Waals surface area contributed by atoms with Crippen molar-refractivity contribution >= 4 is 15.7 Å². The van der Waals surface area contributed by atoms with E-state index in [0.29, 0.717) is 16.2 Å². The Morgan fingerprint density at radius 3 is 2.26 bits per heavy atom. The van der Waals surface area contributed by atoms with Crippen molar-refractivity contribution in [3.05, 3.63) is 53.1 Å². The van der Waals surface area contributed by atoms with Crippen LogP contribution in [0.1, 0.15) is 36.0 Å². The quantitative estimate of drug-likeness (QED) is 0.818. The fourth-order valence-corrected chi connectivity index (χ4v) is 4.83. The summed E-state index contributed by atoms with van der Waals surface area (Å²) in [6, 6.07) is 11.5. The van der Waals surface area contributed by atoms with Crippen molar-refractivity contribution in [2.75, 3.05) is 25.1 Å². The van der Waals surface area contributed by atoms with Gasteiger partial charge in [0, 0.05) is 25.3 Å². The zero-order chi connectivity index (χ0) is 19.4. The van der Waals surface area contributed by atoms with Gasteiger partial charge in [0.15, 0.2) is 0 Å². The van der Waals surface area contributed by atoms with Crippen molar-refractivity contribution in [1.29, 1.82) is 0 Å². The smallest absolute Gasteiger partial charge is 0.241 e. The number of hydrogen-bond donors (Lipinski definition) is 1. The number of nitrogens with zero attached hydrogens (tertiary/aromatic N) is 1. The molecule has 1 aliphatic rings. The zero-order valence-corrected chi connectivity index (χ0v) is 17.1. The summed E-state index contributed by atoms with van der Waals surface area (Å²) in [6.07, 6.45) is 3.78. The van der Waals surface area contributed by atoms with Gasteiger partial charge < -0.3 is 9.64 Å². The van der Waals surface area contributed by atoms with Crippen LogP contribution in [0.3, 0.4) is 0 Å². The first-order valence-corrected chi connectivity index (χ1v) is 10.9. The Balaban J connectivity index is 1.69. The average Bonchev–Trinajstić information content (AvgIpc) is 2.69. The van der Waals surface area contributed by atoms with Crippen molar-refractivity contribution in [2.24, 2.45) is 0 Å². The summed E-state index contributed by atoms with van der Waals surface area (Å²) >= 11 is 0. The molecule has 0 saturated carbocycles. The first kappa shape index (κ1) is 19.7. The topological polar surface area (TPSA) is 58.6 Å². The second kappa shape index (κ2) is 8.31. The van der Waals surface area contributed by atoms with E-state index in [-0.39, 0.29) is 6.54 Å². The van der Waals surface area contributed by atoms with Gasteiger partial charge in [-0.15, -0.1) is 0 Å². The Bertz CT molecular complexity index is 886. The summed E-state index contributed by atoms with van der Waals surface area (Å²) in [7, 11) is -2.00. The molecule has 27 heavy (non-hydrogen) atoms. The fourth-order valence-electron chi connectivity index (χ4n) is 3.52. The number of piperidine rings is 1. The summed E-state index contributed by atoms with van der Waals surface area (Å²) in [5.74, 6) is 0.694. The van der Waals surface area contributed by atoms with Crippen molar-refractivity contribution in [2.45, 2.75) is 44.6 Å². The van der Waals surface area contributed by atoms with E-state index < -0.39 is 10.0 Å². The summed E-state index contributed by atoms with van der Waals surface area (Å²) in [5.41, 5.74) is 3.71. The lowest BCUT2D eigenvalue weighted by Crippen LogP contribution is -2.29. The molecule has 1 heterocycles. The summed E-state index contributed by atoms with van der Waals surface area (Å²) in [6.45, 7) is 6.14. The molecule has 1 aliphatic heterocycles. The predicted molar refractivity (Wildman–Crippen MR) is 109 cm³/mol. The number of benzene rings is 2. The maximum atomic E-state index is 12.7. The molecule has 0 unspecified atom stereocenters. The van der Waals surface area contributed by atoms with Crippen molar-refractivity contribution in [3.8, 4) is 5.75 Å². The number of rotatable bonds is 6. The van der Waals surface area contributed by atoms with Gasteiger partial charge in [-0.25, -0.2) is 13.1 Å². The second-order valence-electron chi connectivity index (χ2n) is 7.05. The van der Waals surface area contributed by atoms with Crippen LogP contribution in [0, 0.1) is 13.8 Å². The molecule has 1 fully saturated rings. The molecule has 0 atom stereocenters. The number of hydrogen-bond acceptors (Lipinski definition) is 4. The highest BCUT2D eigenvalue weighted by atomic mass is 32.2. The molecule has 0 spiro atoms. The van der Waals surface area contributed by atoms with Gasteiger partial charge in [0.25, 0.3) is 0 Å². The highest BCUT2D eigenvalue weighted by Gasteiger charge is 2.19. The third-order valence-corrected chi connectivity index (χ3v) is 6.87. The Hall–Kier alpha value is -2.05. The Labute approximate surface area is 162 Å². The molecule has 2 aromatic rings. The molecule has 3 rings (SSSR count). The Morgan fingerprint density at radius 2 is 1.63 bits per heavy atom. The molecule has 0 aliphatic carbocycles. The van der Waals surface area contributed by atoms with Crippen LogP contribution in [0.25, 0.3) is 0 Å². The van der Waals surface area contributed by atoms with Gasteiger partial charge in [0.05, 0.1) is 12.0 Å². The molecule has 5 nitrogen and oxygen atoms in total. The summed E-state index contributed by atoms with van der Waals surface area (Å²) in [5, 5.41) is 0. The predicted octanol–water partition coefficient (Wildman–Crippen LogP) is 3.78. The van der Waals surface area contributed by atoms with Gasteiger partial charge in [-0.2, -0.15) is 0 Å². The maximum absolute atomic E-state index is 12.7. The lowest BCUT2D eigenvalue weighted by atomic mass is 10.1. The zero-order valence-electron chi connectivity index (χ0n) is 16.3. The van der Waals surface area contributed by atoms with E-state index in [1.165, 1.54) is 24.9 Å². The second-order valence-corrected chi connectivity index (χ2v) is 8.79. The minimum atomic E-state index is -3.58. The van der Waals surface area contributed by atoms with Crippen LogP contribution >= 0.6 is 0 Å². The van der Waals surface area contributed by atoms with Crippen LogP contribution in [0.2, 0.25) is 0 Å². The molecule has 0 amide bonds. The molecular weight excluding hydrogens is 360 g/mol. The highest BCUT2D eigenvalue weighted by molar-refractivity contribution is 7.89. The number of sulfonamides is 1. The van der Waals surface area contributed by atoms with E-state index in [2.05, 4.69) is 21.8 Å². The molecule has 1 saturated heterocycles. The number of nitrogens with one attached hydrogen (secondary N) is 1. The van der Waals surface area contributed by atoms with Gasteiger partial charge in [0.2, 0.25) is 10.0 Å². The van der Waals surface area contributed by atoms with Crippen LogP contribution in [-0.4, -0.2) is 28.6 Å². The molecular formula is C21H28N2O3S. The minimum Gasteiger partial charge on any atom is -0.496 e. The number of ether oxygens (including phenoxy) is 1. The SMILES string of the molecule is COc1ccc(S(=O)(=O)NCc2ccc(N3CCCCC3)cc2)c(C)c1C. The Kier molecular flexibility index (Phi) is 6.07. The molecule has 2 aromatic carbocycles. The van der Waals surface area contributed by atoms with Crippen LogP contribution in [0.4, 0.5) is 5.69 Å². The maximum Gasteiger partial charge on any atom is 0.241 e. The first-order chi connectivity index (χ1) is 12.9. The van der Waals surface area contributed by atoms with Gasteiger partial charge in [-0.1, -0.05) is 12.1 Å². The van der Waals surface area contributed by atoms with Crippen LogP contribution < -0.4 is 14.4 Å². The minimum absolute atomic E-state index is 0.271. The van der Waals surface area contributed by atoms with E-state index in [0.717, 1.165) is 24.2 Å². The normalized spacial score (nSPS) is 15.0. The van der Waals surface area contributed by atoms with E-state index in [1.54, 1.807) is 26.2 Å². The van der Waals surface area contributed by atoms with E-state index in [9.17, 15) is 8.42 Å². The van der Waals surface area contributed by atoms with Crippen LogP contribution in [0.5, 0.6) is 5.75 Å². The molecule has 146 valence electrons. The average molecular weight is 389 g/mol. The van der Waals surface area contributed by atoms with Gasteiger partial charge in [0.1, 0.15) is 5.75 Å². The lowest BCUT2D eigenvalue weighted by Gasteiger charge is -2.28. The van der Waals surface area contributed by atoms with E-state index in [1.807, 2.05) is 19.1 Å². The molecule has 0 bridgehead atoms. The first-order valence-electron chi connectivity index (χ1n) is 9.40. The summed E-state index contributed by atoms with van der Waals surface area (Å²) < 4.78 is 33.4. The highest BCUT2D eigenvalue weighted by Crippen LogP contribution is 2.27. The third kappa shape index (κ3) is 4.45. The number of methoxy groups -OCH3 is 1. The largest absolute Gasteiger partial charge is 0.496 e. The van der Waals surface area contributed by atoms with Gasteiger partial charge in [-0.05, 0) is 74.1 Å². The Morgan fingerprint density at radius 1 is 0.963 bits per heavy atom. The molecule has 6 heteroatoms. The van der Waals surface area contributed by atoms with Gasteiger partial charge >= 0.3 is 0 Å². The van der Waals surface area contributed by atoms with Crippen molar-refractivity contribution in [1.82, 2.24) is 4.72 Å². The monoisotopic (exact) mass is 388 g/mol. The fraction of sp³-hybridized carbons (Fsp3) is 0.429.